The lowest BCUT2D eigenvalue weighted by Gasteiger charge is -2.13. The molecule has 0 bridgehead atoms. The second-order valence-corrected chi connectivity index (χ2v) is 7.19. The number of aliphatic carboxylic acids is 1. The molecule has 0 radical (unpaired) electrons. The largest absolute Gasteiger partial charge is 0.480 e. The number of hydrogen-bond acceptors (Lipinski definition) is 3. The van der Waals surface area contributed by atoms with Gasteiger partial charge in [0.2, 0.25) is 0 Å². The summed E-state index contributed by atoms with van der Waals surface area (Å²) in [6, 6.07) is 5.22. The topological polar surface area (TPSA) is 71.7 Å². The van der Waals surface area contributed by atoms with Gasteiger partial charge in [-0.3, -0.25) is 4.79 Å². The highest BCUT2D eigenvalue weighted by Gasteiger charge is 2.26. The molecule has 1 aromatic heterocycles. The predicted octanol–water partition coefficient (Wildman–Crippen LogP) is 4.55. The zero-order valence-electron chi connectivity index (χ0n) is 14.2. The highest BCUT2D eigenvalue weighted by molar-refractivity contribution is 7.16. The maximum Gasteiger partial charge on any atom is 0.326 e. The second-order valence-electron chi connectivity index (χ2n) is 5.78. The third-order valence-corrected chi connectivity index (χ3v) is 5.34. The first-order valence-corrected chi connectivity index (χ1v) is 9.20. The molecule has 3 aromatic rings. The molecule has 0 saturated carbocycles. The number of rotatable bonds is 4. The van der Waals surface area contributed by atoms with E-state index in [1.165, 1.54) is 24.3 Å². The number of carboxylic acid groups (broad SMARTS) is 1. The summed E-state index contributed by atoms with van der Waals surface area (Å²) in [5.41, 5.74) is -0.0343. The molecule has 146 valence electrons. The summed E-state index contributed by atoms with van der Waals surface area (Å²) in [5.74, 6) is -6.63. The molecule has 0 aliphatic heterocycles. The number of amides is 1. The number of benzene rings is 2. The minimum atomic E-state index is -1.68. The van der Waals surface area contributed by atoms with Gasteiger partial charge in [-0.15, -0.1) is 0 Å². The minimum absolute atomic E-state index is 0.0457. The van der Waals surface area contributed by atoms with E-state index in [0.717, 1.165) is 4.57 Å². The molecule has 0 saturated heterocycles. The quantitative estimate of drug-likeness (QED) is 0.620. The van der Waals surface area contributed by atoms with Crippen LogP contribution in [0, 0.1) is 17.5 Å². The number of carbonyl (C=O) groups excluding carboxylic acids is 1. The van der Waals surface area contributed by atoms with Gasteiger partial charge in [-0.05, 0) is 30.7 Å². The Hall–Kier alpha value is -2.65. The molecule has 2 aromatic carbocycles. The number of halogens is 4. The number of nitrogens with zero attached hydrogens (tertiary/aromatic N) is 2. The summed E-state index contributed by atoms with van der Waals surface area (Å²) in [5, 5.41) is 9.89. The standard InChI is InChI=1S/C18H12ClF3N2O3S/c1-2-11(17(26)27)24-12-7-10(20)13(21)14(22)15(12)28-18(24)23-16(25)8-3-5-9(19)6-4-8/h3-7,11H,2H2,1H3,(H,26,27). The number of hydrogen-bond donors (Lipinski definition) is 1. The van der Waals surface area contributed by atoms with Crippen molar-refractivity contribution in [3.8, 4) is 0 Å². The van der Waals surface area contributed by atoms with Crippen molar-refractivity contribution in [1.82, 2.24) is 4.57 Å². The molecule has 3 rings (SSSR count). The molecule has 1 heterocycles. The zero-order valence-corrected chi connectivity index (χ0v) is 15.8. The highest BCUT2D eigenvalue weighted by Crippen LogP contribution is 2.28. The summed E-state index contributed by atoms with van der Waals surface area (Å²) in [7, 11) is 0. The monoisotopic (exact) mass is 428 g/mol. The van der Waals surface area contributed by atoms with E-state index < -0.39 is 35.4 Å². The van der Waals surface area contributed by atoms with Crippen LogP contribution < -0.4 is 4.80 Å². The number of carboxylic acids is 1. The van der Waals surface area contributed by atoms with Crippen LogP contribution >= 0.6 is 22.9 Å². The summed E-state index contributed by atoms with van der Waals surface area (Å²) in [4.78, 5) is 27.8. The third-order valence-electron chi connectivity index (χ3n) is 4.03. The molecule has 28 heavy (non-hydrogen) atoms. The molecule has 1 N–H and O–H groups in total. The Kier molecular flexibility index (Phi) is 5.57. The van der Waals surface area contributed by atoms with Crippen molar-refractivity contribution in [3.63, 3.8) is 0 Å². The van der Waals surface area contributed by atoms with Crippen molar-refractivity contribution >= 4 is 45.0 Å². The molecular formula is C18H12ClF3N2O3S. The molecule has 1 atom stereocenters. The molecule has 1 unspecified atom stereocenters. The van der Waals surface area contributed by atoms with Gasteiger partial charge in [0, 0.05) is 16.7 Å². The van der Waals surface area contributed by atoms with Crippen LogP contribution in [0.3, 0.4) is 0 Å². The van der Waals surface area contributed by atoms with Gasteiger partial charge in [-0.2, -0.15) is 4.99 Å². The first-order chi connectivity index (χ1) is 13.2. The maximum absolute atomic E-state index is 14.2. The van der Waals surface area contributed by atoms with Gasteiger partial charge in [0.15, 0.2) is 22.3 Å². The van der Waals surface area contributed by atoms with E-state index in [4.69, 9.17) is 11.6 Å². The van der Waals surface area contributed by atoms with Crippen molar-refractivity contribution in [2.45, 2.75) is 19.4 Å². The SMILES string of the molecule is CCC(C(=O)O)n1c(=NC(=O)c2ccc(Cl)cc2)sc2c(F)c(F)c(F)cc21. The van der Waals surface area contributed by atoms with Gasteiger partial charge >= 0.3 is 5.97 Å². The van der Waals surface area contributed by atoms with Gasteiger partial charge < -0.3 is 9.67 Å². The van der Waals surface area contributed by atoms with Crippen LogP contribution in [0.5, 0.6) is 0 Å². The summed E-state index contributed by atoms with van der Waals surface area (Å²) in [6.45, 7) is 1.55. The Balaban J connectivity index is 2.31. The van der Waals surface area contributed by atoms with Crippen molar-refractivity contribution in [2.75, 3.05) is 0 Å². The fraction of sp³-hybridized carbons (Fsp3) is 0.167. The lowest BCUT2D eigenvalue weighted by Crippen LogP contribution is -2.27. The normalized spacial score (nSPS) is 13.1. The Labute approximate surface area is 165 Å². The Morgan fingerprint density at radius 3 is 2.43 bits per heavy atom. The number of fused-ring (bicyclic) bond motifs is 1. The van der Waals surface area contributed by atoms with Crippen LogP contribution in [-0.4, -0.2) is 21.6 Å². The van der Waals surface area contributed by atoms with E-state index in [0.29, 0.717) is 22.4 Å². The molecule has 1 amide bonds. The number of thiazole rings is 1. The molecule has 0 aliphatic carbocycles. The summed E-state index contributed by atoms with van der Waals surface area (Å²) in [6.07, 6.45) is 0.0457. The summed E-state index contributed by atoms with van der Waals surface area (Å²) >= 11 is 6.34. The van der Waals surface area contributed by atoms with Gasteiger partial charge in [0.25, 0.3) is 5.91 Å². The zero-order chi connectivity index (χ0) is 20.6. The van der Waals surface area contributed by atoms with Gasteiger partial charge in [-0.1, -0.05) is 29.9 Å². The van der Waals surface area contributed by atoms with Crippen LogP contribution in [0.1, 0.15) is 29.7 Å². The van der Waals surface area contributed by atoms with Crippen LogP contribution in [-0.2, 0) is 4.79 Å². The lowest BCUT2D eigenvalue weighted by molar-refractivity contribution is -0.140. The first kappa shape index (κ1) is 20.1. The average Bonchev–Trinajstić information content (AvgIpc) is 2.99. The van der Waals surface area contributed by atoms with Gasteiger partial charge in [0.05, 0.1) is 10.2 Å². The Morgan fingerprint density at radius 1 is 1.21 bits per heavy atom. The number of carbonyl (C=O) groups is 2. The van der Waals surface area contributed by atoms with Crippen LogP contribution in [0.15, 0.2) is 35.3 Å². The molecule has 5 nitrogen and oxygen atoms in total. The Bertz CT molecular complexity index is 1160. The van der Waals surface area contributed by atoms with Crippen LogP contribution in [0.4, 0.5) is 13.2 Å². The smallest absolute Gasteiger partial charge is 0.326 e. The van der Waals surface area contributed by atoms with E-state index in [2.05, 4.69) is 4.99 Å². The minimum Gasteiger partial charge on any atom is -0.480 e. The summed E-state index contributed by atoms with van der Waals surface area (Å²) < 4.78 is 42.3. The predicted molar refractivity (Wildman–Crippen MR) is 98.0 cm³/mol. The first-order valence-electron chi connectivity index (χ1n) is 8.00. The van der Waals surface area contributed by atoms with Gasteiger partial charge in [0.1, 0.15) is 6.04 Å². The molecule has 10 heteroatoms. The number of aromatic nitrogens is 1. The van der Waals surface area contributed by atoms with E-state index in [-0.39, 0.29) is 27.0 Å². The van der Waals surface area contributed by atoms with Crippen molar-refractivity contribution in [1.29, 1.82) is 0 Å². The van der Waals surface area contributed by atoms with Gasteiger partial charge in [-0.25, -0.2) is 18.0 Å². The van der Waals surface area contributed by atoms with E-state index in [1.54, 1.807) is 6.92 Å². The molecule has 0 fully saturated rings. The fourth-order valence-electron chi connectivity index (χ4n) is 2.67. The fourth-order valence-corrected chi connectivity index (χ4v) is 3.88. The molecule has 0 spiro atoms. The third kappa shape index (κ3) is 3.55. The van der Waals surface area contributed by atoms with Crippen LogP contribution in [0.2, 0.25) is 5.02 Å². The molecular weight excluding hydrogens is 417 g/mol. The van der Waals surface area contributed by atoms with Crippen molar-refractivity contribution in [2.24, 2.45) is 4.99 Å². The molecule has 0 aliphatic rings. The van der Waals surface area contributed by atoms with E-state index in [1.807, 2.05) is 0 Å². The highest BCUT2D eigenvalue weighted by atomic mass is 35.5. The van der Waals surface area contributed by atoms with Crippen molar-refractivity contribution < 1.29 is 27.9 Å². The second kappa shape index (κ2) is 7.76. The van der Waals surface area contributed by atoms with Crippen LogP contribution in [0.25, 0.3) is 10.2 Å². The maximum atomic E-state index is 14.2. The lowest BCUT2D eigenvalue weighted by atomic mass is 10.2. The van der Waals surface area contributed by atoms with Crippen molar-refractivity contribution in [3.05, 3.63) is 63.2 Å². The Morgan fingerprint density at radius 2 is 1.86 bits per heavy atom. The van der Waals surface area contributed by atoms with E-state index in [9.17, 15) is 27.9 Å². The van der Waals surface area contributed by atoms with E-state index >= 15 is 0 Å². The average molecular weight is 429 g/mol.